The highest BCUT2D eigenvalue weighted by atomic mass is 35.5. The molecule has 0 fully saturated rings. The molecule has 19 heavy (non-hydrogen) atoms. The van der Waals surface area contributed by atoms with E-state index in [2.05, 4.69) is 23.7 Å². The van der Waals surface area contributed by atoms with Gasteiger partial charge in [0.05, 0.1) is 5.02 Å². The first kappa shape index (κ1) is 13.0. The van der Waals surface area contributed by atoms with Crippen LogP contribution < -0.4 is 5.63 Å². The summed E-state index contributed by atoms with van der Waals surface area (Å²) < 4.78 is 4.84. The zero-order chi connectivity index (χ0) is 13.7. The van der Waals surface area contributed by atoms with Crippen molar-refractivity contribution >= 4 is 11.6 Å². The second kappa shape index (κ2) is 5.96. The average Bonchev–Trinajstić information content (AvgIpc) is 2.36. The van der Waals surface area contributed by atoms with Crippen molar-refractivity contribution in [2.75, 3.05) is 0 Å². The summed E-state index contributed by atoms with van der Waals surface area (Å²) in [6.45, 7) is 2.01. The number of hydrogen-bond acceptors (Lipinski definition) is 2. The highest BCUT2D eigenvalue weighted by Gasteiger charge is 1.95. The largest absolute Gasteiger partial charge is 0.414 e. The second-order valence-corrected chi connectivity index (χ2v) is 4.26. The monoisotopic (exact) mass is 268 g/mol. The zero-order valence-electron chi connectivity index (χ0n) is 10.2. The molecule has 3 heteroatoms. The molecule has 2 rings (SSSR count). The minimum absolute atomic E-state index is 0.204. The smallest absolute Gasteiger partial charge is 0.338 e. The lowest BCUT2D eigenvalue weighted by Gasteiger charge is -1.90. The predicted octanol–water partition coefficient (Wildman–Crippen LogP) is 3.00. The third-order valence-corrected chi connectivity index (χ3v) is 2.46. The lowest BCUT2D eigenvalue weighted by Crippen LogP contribution is -1.96. The van der Waals surface area contributed by atoms with Crippen LogP contribution >= 0.6 is 11.6 Å². The van der Waals surface area contributed by atoms with Crippen LogP contribution in [0.25, 0.3) is 0 Å². The van der Waals surface area contributed by atoms with E-state index in [1.807, 2.05) is 31.2 Å². The van der Waals surface area contributed by atoms with E-state index in [0.29, 0.717) is 5.02 Å². The normalized spacial score (nSPS) is 8.95. The van der Waals surface area contributed by atoms with E-state index in [4.69, 9.17) is 16.0 Å². The molecule has 0 aliphatic heterocycles. The van der Waals surface area contributed by atoms with Crippen LogP contribution in [-0.2, 0) is 0 Å². The molecule has 0 saturated heterocycles. The van der Waals surface area contributed by atoms with Gasteiger partial charge in [0.25, 0.3) is 0 Å². The molecule has 0 bridgehead atoms. The first-order valence-electron chi connectivity index (χ1n) is 5.53. The van der Waals surface area contributed by atoms with Gasteiger partial charge in [0.2, 0.25) is 0 Å². The summed E-state index contributed by atoms with van der Waals surface area (Å²) in [6, 6.07) is 10.5. The van der Waals surface area contributed by atoms with Crippen molar-refractivity contribution in [3.05, 3.63) is 68.7 Å². The molecule has 0 aliphatic rings. The number of halogens is 1. The van der Waals surface area contributed by atoms with Crippen LogP contribution in [0, 0.1) is 30.6 Å². The fraction of sp³-hybridized carbons (Fsp3) is 0.0625. The van der Waals surface area contributed by atoms with Crippen molar-refractivity contribution in [3.63, 3.8) is 0 Å². The van der Waals surface area contributed by atoms with Crippen molar-refractivity contribution < 1.29 is 4.42 Å². The van der Waals surface area contributed by atoms with Crippen molar-refractivity contribution in [1.29, 1.82) is 0 Å². The Balaban J connectivity index is 2.17. The van der Waals surface area contributed by atoms with Gasteiger partial charge in [0.1, 0.15) is 0 Å². The highest BCUT2D eigenvalue weighted by Crippen LogP contribution is 2.06. The summed E-state index contributed by atoms with van der Waals surface area (Å²) in [5.74, 6) is 11.0. The summed E-state index contributed by atoms with van der Waals surface area (Å²) in [5, 5.41) is 0.298. The Bertz CT molecular complexity index is 763. The van der Waals surface area contributed by atoms with Crippen LogP contribution in [0.5, 0.6) is 0 Å². The Morgan fingerprint density at radius 2 is 1.74 bits per heavy atom. The van der Waals surface area contributed by atoms with Gasteiger partial charge in [0, 0.05) is 17.7 Å². The van der Waals surface area contributed by atoms with Gasteiger partial charge in [-0.25, -0.2) is 4.79 Å². The Labute approximate surface area is 116 Å². The molecule has 2 nitrogen and oxygen atoms in total. The Morgan fingerprint density at radius 3 is 2.42 bits per heavy atom. The number of rotatable bonds is 0. The molecule has 0 aliphatic carbocycles. The molecule has 0 spiro atoms. The zero-order valence-corrected chi connectivity index (χ0v) is 10.9. The lowest BCUT2D eigenvalue weighted by molar-refractivity contribution is 0.499. The van der Waals surface area contributed by atoms with Crippen LogP contribution in [0.1, 0.15) is 16.9 Å². The molecular weight excluding hydrogens is 260 g/mol. The topological polar surface area (TPSA) is 30.2 Å². The van der Waals surface area contributed by atoms with E-state index in [0.717, 1.165) is 5.56 Å². The maximum Gasteiger partial charge on any atom is 0.338 e. The van der Waals surface area contributed by atoms with Gasteiger partial charge in [-0.05, 0) is 36.8 Å². The summed E-state index contributed by atoms with van der Waals surface area (Å²) in [5.41, 5.74) is 1.54. The first-order chi connectivity index (χ1) is 9.13. The second-order valence-electron chi connectivity index (χ2n) is 3.82. The minimum atomic E-state index is -0.525. The summed E-state index contributed by atoms with van der Waals surface area (Å²) in [7, 11) is 0. The molecule has 0 amide bonds. The van der Waals surface area contributed by atoms with Crippen LogP contribution in [0.15, 0.2) is 45.6 Å². The summed E-state index contributed by atoms with van der Waals surface area (Å²) >= 11 is 5.71. The van der Waals surface area contributed by atoms with E-state index >= 15 is 0 Å². The third kappa shape index (κ3) is 4.07. The Hall–Kier alpha value is -2.42. The van der Waals surface area contributed by atoms with Crippen molar-refractivity contribution in [1.82, 2.24) is 0 Å². The van der Waals surface area contributed by atoms with Crippen LogP contribution in [0.3, 0.4) is 0 Å². The van der Waals surface area contributed by atoms with E-state index in [-0.39, 0.29) is 5.76 Å². The standard InChI is InChI=1S/C16H9ClO2/c1-12-6-8-13(9-7-12)4-2-3-5-15-10-14(17)11-16(18)19-15/h6-11H,1H3. The van der Waals surface area contributed by atoms with Gasteiger partial charge in [0.15, 0.2) is 5.76 Å². The van der Waals surface area contributed by atoms with E-state index < -0.39 is 5.63 Å². The van der Waals surface area contributed by atoms with Crippen molar-refractivity contribution in [3.8, 4) is 23.7 Å². The Kier molecular flexibility index (Phi) is 4.08. The van der Waals surface area contributed by atoms with E-state index in [1.165, 1.54) is 17.7 Å². The van der Waals surface area contributed by atoms with Gasteiger partial charge >= 0.3 is 5.63 Å². The maximum absolute atomic E-state index is 11.0. The number of hydrogen-bond donors (Lipinski definition) is 0. The fourth-order valence-electron chi connectivity index (χ4n) is 1.34. The van der Waals surface area contributed by atoms with Crippen LogP contribution in [-0.4, -0.2) is 0 Å². The molecule has 0 unspecified atom stereocenters. The molecule has 1 aromatic carbocycles. The first-order valence-corrected chi connectivity index (χ1v) is 5.91. The van der Waals surface area contributed by atoms with E-state index in [1.54, 1.807) is 0 Å². The molecule has 1 aromatic heterocycles. The quantitative estimate of drug-likeness (QED) is 0.688. The average molecular weight is 269 g/mol. The fourth-order valence-corrected chi connectivity index (χ4v) is 1.53. The number of benzene rings is 1. The van der Waals surface area contributed by atoms with Crippen LogP contribution in [0.2, 0.25) is 5.02 Å². The van der Waals surface area contributed by atoms with Gasteiger partial charge in [-0.1, -0.05) is 35.2 Å². The molecule has 2 aromatic rings. The lowest BCUT2D eigenvalue weighted by atomic mass is 10.2. The van der Waals surface area contributed by atoms with Gasteiger partial charge in [-0.2, -0.15) is 0 Å². The molecule has 0 saturated carbocycles. The Morgan fingerprint density at radius 1 is 1.05 bits per heavy atom. The predicted molar refractivity (Wildman–Crippen MR) is 74.9 cm³/mol. The van der Waals surface area contributed by atoms with Crippen molar-refractivity contribution in [2.24, 2.45) is 0 Å². The van der Waals surface area contributed by atoms with E-state index in [9.17, 15) is 4.79 Å². The number of aryl methyl sites for hydroxylation is 1. The molecular formula is C16H9ClO2. The third-order valence-electron chi connectivity index (χ3n) is 2.24. The SMILES string of the molecule is Cc1ccc(C#CC#Cc2cc(Cl)cc(=O)o2)cc1. The highest BCUT2D eigenvalue weighted by molar-refractivity contribution is 6.30. The minimum Gasteiger partial charge on any atom is -0.414 e. The van der Waals surface area contributed by atoms with Gasteiger partial charge < -0.3 is 4.42 Å². The molecule has 1 heterocycles. The van der Waals surface area contributed by atoms with Gasteiger partial charge in [-0.3, -0.25) is 0 Å². The maximum atomic E-state index is 11.0. The molecule has 0 N–H and O–H groups in total. The summed E-state index contributed by atoms with van der Waals surface area (Å²) in [4.78, 5) is 11.0. The van der Waals surface area contributed by atoms with Gasteiger partial charge in [-0.15, -0.1) is 0 Å². The molecule has 0 atom stereocenters. The van der Waals surface area contributed by atoms with Crippen molar-refractivity contribution in [2.45, 2.75) is 6.92 Å². The molecule has 92 valence electrons. The summed E-state index contributed by atoms with van der Waals surface area (Å²) in [6.07, 6.45) is 0. The molecule has 0 radical (unpaired) electrons. The van der Waals surface area contributed by atoms with Crippen LogP contribution in [0.4, 0.5) is 0 Å².